The normalized spacial score (nSPS) is 10.3. The largest absolute Gasteiger partial charge is 0.496 e. The van der Waals surface area contributed by atoms with Gasteiger partial charge in [0.1, 0.15) is 5.75 Å². The Hall–Kier alpha value is -1.81. The van der Waals surface area contributed by atoms with Crippen LogP contribution in [-0.4, -0.2) is 17.1 Å². The molecular weight excluding hydrogens is 238 g/mol. The van der Waals surface area contributed by atoms with E-state index in [-0.39, 0.29) is 0 Å². The summed E-state index contributed by atoms with van der Waals surface area (Å²) in [5, 5.41) is 0.610. The highest BCUT2D eigenvalue weighted by Crippen LogP contribution is 2.30. The molecule has 0 saturated heterocycles. The van der Waals surface area contributed by atoms with Crippen LogP contribution in [0.15, 0.2) is 24.4 Å². The first-order valence-electron chi connectivity index (χ1n) is 5.05. The summed E-state index contributed by atoms with van der Waals surface area (Å²) in [6.45, 7) is 1.83. The van der Waals surface area contributed by atoms with E-state index in [4.69, 9.17) is 22.1 Å². The number of methoxy groups -OCH3 is 1. The maximum atomic E-state index is 5.96. The molecule has 0 aliphatic rings. The van der Waals surface area contributed by atoms with Gasteiger partial charge in [0.15, 0.2) is 5.82 Å². The van der Waals surface area contributed by atoms with Crippen molar-refractivity contribution in [2.75, 3.05) is 12.8 Å². The van der Waals surface area contributed by atoms with Gasteiger partial charge >= 0.3 is 0 Å². The molecule has 0 aliphatic carbocycles. The standard InChI is InChI=1S/C12H12ClN3O/c1-7-10(14)6-15-12(16-7)9-5-8(13)3-4-11(9)17-2/h3-6H,14H2,1-2H3. The second kappa shape index (κ2) is 4.59. The van der Waals surface area contributed by atoms with Gasteiger partial charge in [-0.15, -0.1) is 0 Å². The van der Waals surface area contributed by atoms with E-state index in [9.17, 15) is 0 Å². The van der Waals surface area contributed by atoms with Gasteiger partial charge in [0.25, 0.3) is 0 Å². The number of nitrogens with two attached hydrogens (primary N) is 1. The molecule has 2 N–H and O–H groups in total. The number of hydrogen-bond acceptors (Lipinski definition) is 4. The summed E-state index contributed by atoms with van der Waals surface area (Å²) in [7, 11) is 1.59. The Kier molecular flexibility index (Phi) is 3.15. The van der Waals surface area contributed by atoms with Gasteiger partial charge in [-0.2, -0.15) is 0 Å². The molecule has 17 heavy (non-hydrogen) atoms. The van der Waals surface area contributed by atoms with Crippen LogP contribution in [-0.2, 0) is 0 Å². The lowest BCUT2D eigenvalue weighted by Crippen LogP contribution is -1.98. The van der Waals surface area contributed by atoms with Crippen LogP contribution < -0.4 is 10.5 Å². The molecule has 2 rings (SSSR count). The fourth-order valence-electron chi connectivity index (χ4n) is 1.46. The zero-order valence-electron chi connectivity index (χ0n) is 9.57. The van der Waals surface area contributed by atoms with Crippen LogP contribution >= 0.6 is 11.6 Å². The van der Waals surface area contributed by atoms with Crippen LogP contribution in [0.3, 0.4) is 0 Å². The predicted molar refractivity (Wildman–Crippen MR) is 68.2 cm³/mol. The van der Waals surface area contributed by atoms with Crippen molar-refractivity contribution in [3.8, 4) is 17.1 Å². The molecule has 0 atom stereocenters. The number of nitrogens with zero attached hydrogens (tertiary/aromatic N) is 2. The first kappa shape index (κ1) is 11.7. The van der Waals surface area contributed by atoms with E-state index >= 15 is 0 Å². The molecule has 0 spiro atoms. The lowest BCUT2D eigenvalue weighted by atomic mass is 10.2. The minimum absolute atomic E-state index is 0.552. The van der Waals surface area contributed by atoms with Gasteiger partial charge in [-0.1, -0.05) is 11.6 Å². The molecule has 0 fully saturated rings. The van der Waals surface area contributed by atoms with Gasteiger partial charge in [0.2, 0.25) is 0 Å². The number of aryl methyl sites for hydroxylation is 1. The summed E-state index contributed by atoms with van der Waals surface area (Å²) < 4.78 is 5.25. The minimum atomic E-state index is 0.552. The molecule has 4 nitrogen and oxygen atoms in total. The van der Waals surface area contributed by atoms with E-state index in [1.807, 2.05) is 6.92 Å². The molecule has 0 bridgehead atoms. The SMILES string of the molecule is COc1ccc(Cl)cc1-c1ncc(N)c(C)n1. The van der Waals surface area contributed by atoms with Gasteiger partial charge in [-0.3, -0.25) is 0 Å². The Labute approximate surface area is 104 Å². The number of rotatable bonds is 2. The van der Waals surface area contributed by atoms with E-state index in [1.54, 1.807) is 31.5 Å². The third-order valence-corrected chi connectivity index (χ3v) is 2.65. The van der Waals surface area contributed by atoms with Crippen molar-refractivity contribution in [2.45, 2.75) is 6.92 Å². The van der Waals surface area contributed by atoms with Crippen LogP contribution in [0.5, 0.6) is 5.75 Å². The monoisotopic (exact) mass is 249 g/mol. The molecule has 1 heterocycles. The Balaban J connectivity index is 2.58. The number of aromatic nitrogens is 2. The number of ether oxygens (including phenoxy) is 1. The predicted octanol–water partition coefficient (Wildman–Crippen LogP) is 2.70. The third kappa shape index (κ3) is 2.31. The topological polar surface area (TPSA) is 61.0 Å². The van der Waals surface area contributed by atoms with E-state index in [0.717, 1.165) is 11.3 Å². The molecular formula is C12H12ClN3O. The lowest BCUT2D eigenvalue weighted by Gasteiger charge is -2.08. The van der Waals surface area contributed by atoms with Crippen molar-refractivity contribution in [1.29, 1.82) is 0 Å². The Morgan fingerprint density at radius 1 is 1.35 bits per heavy atom. The van der Waals surface area contributed by atoms with Crippen molar-refractivity contribution >= 4 is 17.3 Å². The Morgan fingerprint density at radius 2 is 2.12 bits per heavy atom. The van der Waals surface area contributed by atoms with Gasteiger partial charge in [-0.25, -0.2) is 9.97 Å². The second-order valence-electron chi connectivity index (χ2n) is 3.58. The first-order chi connectivity index (χ1) is 8.11. The van der Waals surface area contributed by atoms with Crippen LogP contribution in [0.4, 0.5) is 5.69 Å². The summed E-state index contributed by atoms with van der Waals surface area (Å²) >= 11 is 5.96. The third-order valence-electron chi connectivity index (χ3n) is 2.42. The fourth-order valence-corrected chi connectivity index (χ4v) is 1.63. The van der Waals surface area contributed by atoms with Gasteiger partial charge < -0.3 is 10.5 Å². The van der Waals surface area contributed by atoms with Crippen molar-refractivity contribution in [3.63, 3.8) is 0 Å². The van der Waals surface area contributed by atoms with Crippen molar-refractivity contribution in [2.24, 2.45) is 0 Å². The van der Waals surface area contributed by atoms with Gasteiger partial charge in [0, 0.05) is 5.02 Å². The molecule has 1 aromatic heterocycles. The number of halogens is 1. The van der Waals surface area contributed by atoms with Crippen LogP contribution in [0.2, 0.25) is 5.02 Å². The van der Waals surface area contributed by atoms with Crippen molar-refractivity contribution < 1.29 is 4.74 Å². The van der Waals surface area contributed by atoms with Crippen LogP contribution in [0.1, 0.15) is 5.69 Å². The number of benzene rings is 1. The van der Waals surface area contributed by atoms with Crippen LogP contribution in [0.25, 0.3) is 11.4 Å². The second-order valence-corrected chi connectivity index (χ2v) is 4.02. The van der Waals surface area contributed by atoms with E-state index in [2.05, 4.69) is 9.97 Å². The number of nitrogen functional groups attached to an aromatic ring is 1. The summed E-state index contributed by atoms with van der Waals surface area (Å²) in [5.41, 5.74) is 7.74. The van der Waals surface area contributed by atoms with E-state index in [1.165, 1.54) is 0 Å². The minimum Gasteiger partial charge on any atom is -0.496 e. The Bertz CT molecular complexity index is 557. The molecule has 5 heteroatoms. The molecule has 0 amide bonds. The van der Waals surface area contributed by atoms with Gasteiger partial charge in [0.05, 0.1) is 30.3 Å². The van der Waals surface area contributed by atoms with E-state index in [0.29, 0.717) is 22.3 Å². The Morgan fingerprint density at radius 3 is 2.76 bits per heavy atom. The summed E-state index contributed by atoms with van der Waals surface area (Å²) in [6.07, 6.45) is 1.58. The summed E-state index contributed by atoms with van der Waals surface area (Å²) in [4.78, 5) is 8.50. The molecule has 0 unspecified atom stereocenters. The van der Waals surface area contributed by atoms with Crippen molar-refractivity contribution in [3.05, 3.63) is 35.1 Å². The first-order valence-corrected chi connectivity index (χ1v) is 5.42. The molecule has 0 saturated carbocycles. The highest BCUT2D eigenvalue weighted by molar-refractivity contribution is 6.30. The van der Waals surface area contributed by atoms with Gasteiger partial charge in [-0.05, 0) is 25.1 Å². The summed E-state index contributed by atoms with van der Waals surface area (Å²) in [6, 6.07) is 5.31. The number of hydrogen-bond donors (Lipinski definition) is 1. The maximum absolute atomic E-state index is 5.96. The van der Waals surface area contributed by atoms with Crippen molar-refractivity contribution in [1.82, 2.24) is 9.97 Å². The molecule has 0 radical (unpaired) electrons. The highest BCUT2D eigenvalue weighted by atomic mass is 35.5. The molecule has 2 aromatic rings. The fraction of sp³-hybridized carbons (Fsp3) is 0.167. The quantitative estimate of drug-likeness (QED) is 0.889. The number of anilines is 1. The maximum Gasteiger partial charge on any atom is 0.163 e. The summed E-state index contributed by atoms with van der Waals surface area (Å²) in [5.74, 6) is 1.23. The van der Waals surface area contributed by atoms with E-state index < -0.39 is 0 Å². The lowest BCUT2D eigenvalue weighted by molar-refractivity contribution is 0.416. The zero-order chi connectivity index (χ0) is 12.4. The zero-order valence-corrected chi connectivity index (χ0v) is 10.3. The highest BCUT2D eigenvalue weighted by Gasteiger charge is 2.10. The molecule has 1 aromatic carbocycles. The van der Waals surface area contributed by atoms with Crippen LogP contribution in [0, 0.1) is 6.92 Å². The molecule has 0 aliphatic heterocycles. The average Bonchev–Trinajstić information content (AvgIpc) is 2.32. The smallest absolute Gasteiger partial charge is 0.163 e. The average molecular weight is 250 g/mol. The molecule has 88 valence electrons.